The molecule has 1 N–H and O–H groups in total. The highest BCUT2D eigenvalue weighted by Crippen LogP contribution is 2.13. The maximum atomic E-state index is 12.6. The summed E-state index contributed by atoms with van der Waals surface area (Å²) in [5.74, 6) is 0.712. The van der Waals surface area contributed by atoms with Gasteiger partial charge in [-0.3, -0.25) is 4.79 Å². The van der Waals surface area contributed by atoms with Gasteiger partial charge in [-0.15, -0.1) is 0 Å². The van der Waals surface area contributed by atoms with E-state index in [2.05, 4.69) is 19.2 Å². The second-order valence-electron chi connectivity index (χ2n) is 5.78. The van der Waals surface area contributed by atoms with Crippen molar-refractivity contribution < 1.29 is 4.79 Å². The molecule has 1 atom stereocenters. The number of hydrogen-bond donors (Lipinski definition) is 1. The third-order valence-corrected chi connectivity index (χ3v) is 3.79. The van der Waals surface area contributed by atoms with Crippen LogP contribution in [0.4, 0.5) is 0 Å². The summed E-state index contributed by atoms with van der Waals surface area (Å²) in [5.41, 5.74) is 1.95. The lowest BCUT2D eigenvalue weighted by molar-refractivity contribution is 0.0745. The standard InChI is InChI=1S/C16H24N2O/c1-12(2)15-11-18(9-5-8-17-15)16(19)14-7-4-6-13(3)10-14/h4,6-7,10,12,15,17H,5,8-9,11H2,1-3H3. The van der Waals surface area contributed by atoms with E-state index >= 15 is 0 Å². The molecule has 0 bridgehead atoms. The lowest BCUT2D eigenvalue weighted by atomic mass is 10.0. The van der Waals surface area contributed by atoms with E-state index in [4.69, 9.17) is 0 Å². The van der Waals surface area contributed by atoms with Gasteiger partial charge in [0.25, 0.3) is 5.91 Å². The largest absolute Gasteiger partial charge is 0.337 e. The molecule has 104 valence electrons. The smallest absolute Gasteiger partial charge is 0.253 e. The van der Waals surface area contributed by atoms with Crippen molar-refractivity contribution in [1.82, 2.24) is 10.2 Å². The molecule has 3 nitrogen and oxygen atoms in total. The van der Waals surface area contributed by atoms with E-state index < -0.39 is 0 Å². The number of carbonyl (C=O) groups is 1. The number of carbonyl (C=O) groups excluding carboxylic acids is 1. The SMILES string of the molecule is Cc1cccc(C(=O)N2CCCNC(C(C)C)C2)c1. The van der Waals surface area contributed by atoms with Crippen LogP contribution in [-0.4, -0.2) is 36.5 Å². The van der Waals surface area contributed by atoms with Crippen molar-refractivity contribution in [2.45, 2.75) is 33.2 Å². The van der Waals surface area contributed by atoms with E-state index in [0.717, 1.165) is 37.2 Å². The van der Waals surface area contributed by atoms with Gasteiger partial charge in [0.2, 0.25) is 0 Å². The van der Waals surface area contributed by atoms with Gasteiger partial charge in [-0.1, -0.05) is 31.5 Å². The second kappa shape index (κ2) is 6.20. The molecule has 0 aliphatic carbocycles. The Labute approximate surface area is 116 Å². The van der Waals surface area contributed by atoms with Gasteiger partial charge >= 0.3 is 0 Å². The topological polar surface area (TPSA) is 32.3 Å². The first-order chi connectivity index (χ1) is 9.08. The van der Waals surface area contributed by atoms with E-state index in [1.54, 1.807) is 0 Å². The van der Waals surface area contributed by atoms with Crippen molar-refractivity contribution in [2.75, 3.05) is 19.6 Å². The Hall–Kier alpha value is -1.35. The number of aryl methyl sites for hydroxylation is 1. The molecule has 1 aromatic rings. The zero-order valence-corrected chi connectivity index (χ0v) is 12.1. The highest BCUT2D eigenvalue weighted by Gasteiger charge is 2.24. The minimum Gasteiger partial charge on any atom is -0.337 e. The molecule has 0 aromatic heterocycles. The van der Waals surface area contributed by atoms with Crippen molar-refractivity contribution in [3.63, 3.8) is 0 Å². The maximum Gasteiger partial charge on any atom is 0.253 e. The molecule has 3 heteroatoms. The summed E-state index contributed by atoms with van der Waals surface area (Å²) in [6.07, 6.45) is 1.03. The third kappa shape index (κ3) is 3.57. The molecule has 2 rings (SSSR count). The van der Waals surface area contributed by atoms with Crippen LogP contribution in [0.3, 0.4) is 0 Å². The molecular weight excluding hydrogens is 236 g/mol. The molecule has 1 aliphatic rings. The zero-order chi connectivity index (χ0) is 13.8. The molecule has 1 fully saturated rings. The summed E-state index contributed by atoms with van der Waals surface area (Å²) in [7, 11) is 0. The zero-order valence-electron chi connectivity index (χ0n) is 12.1. The fourth-order valence-corrected chi connectivity index (χ4v) is 2.54. The fraction of sp³-hybridized carbons (Fsp3) is 0.562. The van der Waals surface area contributed by atoms with Crippen molar-refractivity contribution >= 4 is 5.91 Å². The summed E-state index contributed by atoms with van der Waals surface area (Å²) < 4.78 is 0. The number of amides is 1. The summed E-state index contributed by atoms with van der Waals surface area (Å²) in [6, 6.07) is 8.27. The Bertz CT molecular complexity index is 442. The van der Waals surface area contributed by atoms with Gasteiger partial charge in [-0.05, 0) is 37.9 Å². The first-order valence-corrected chi connectivity index (χ1v) is 7.17. The van der Waals surface area contributed by atoms with E-state index in [9.17, 15) is 4.79 Å². The second-order valence-corrected chi connectivity index (χ2v) is 5.78. The minimum absolute atomic E-state index is 0.165. The summed E-state index contributed by atoms with van der Waals surface area (Å²) in [6.45, 7) is 9.10. The number of rotatable bonds is 2. The normalized spacial score (nSPS) is 20.4. The lowest BCUT2D eigenvalue weighted by Crippen LogP contribution is -2.43. The predicted octanol–water partition coefficient (Wildman–Crippen LogP) is 2.46. The van der Waals surface area contributed by atoms with Gasteiger partial charge in [0.1, 0.15) is 0 Å². The summed E-state index contributed by atoms with van der Waals surface area (Å²) in [5, 5.41) is 3.53. The monoisotopic (exact) mass is 260 g/mol. The van der Waals surface area contributed by atoms with E-state index in [-0.39, 0.29) is 5.91 Å². The van der Waals surface area contributed by atoms with Crippen LogP contribution in [0.2, 0.25) is 0 Å². The molecule has 0 saturated carbocycles. The Balaban J connectivity index is 2.13. The van der Waals surface area contributed by atoms with E-state index in [0.29, 0.717) is 12.0 Å². The van der Waals surface area contributed by atoms with Crippen LogP contribution in [-0.2, 0) is 0 Å². The van der Waals surface area contributed by atoms with Gasteiger partial charge < -0.3 is 10.2 Å². The number of nitrogens with zero attached hydrogens (tertiary/aromatic N) is 1. The molecule has 1 heterocycles. The molecule has 1 unspecified atom stereocenters. The lowest BCUT2D eigenvalue weighted by Gasteiger charge is -2.27. The Morgan fingerprint density at radius 3 is 2.89 bits per heavy atom. The molecule has 0 spiro atoms. The van der Waals surface area contributed by atoms with Crippen LogP contribution in [0.5, 0.6) is 0 Å². The summed E-state index contributed by atoms with van der Waals surface area (Å²) in [4.78, 5) is 14.6. The molecular formula is C16H24N2O. The quantitative estimate of drug-likeness (QED) is 0.886. The van der Waals surface area contributed by atoms with Gasteiger partial charge in [-0.25, -0.2) is 0 Å². The number of benzene rings is 1. The number of nitrogens with one attached hydrogen (secondary N) is 1. The Kier molecular flexibility index (Phi) is 4.59. The average Bonchev–Trinajstić information content (AvgIpc) is 2.63. The third-order valence-electron chi connectivity index (χ3n) is 3.79. The molecule has 0 radical (unpaired) electrons. The molecule has 19 heavy (non-hydrogen) atoms. The van der Waals surface area contributed by atoms with Gasteiger partial charge in [0.05, 0.1) is 0 Å². The highest BCUT2D eigenvalue weighted by molar-refractivity contribution is 5.94. The van der Waals surface area contributed by atoms with Crippen LogP contribution in [0.25, 0.3) is 0 Å². The highest BCUT2D eigenvalue weighted by atomic mass is 16.2. The van der Waals surface area contributed by atoms with Crippen LogP contribution in [0.1, 0.15) is 36.2 Å². The molecule has 1 amide bonds. The van der Waals surface area contributed by atoms with Crippen molar-refractivity contribution in [3.8, 4) is 0 Å². The van der Waals surface area contributed by atoms with Gasteiger partial charge in [0.15, 0.2) is 0 Å². The van der Waals surface area contributed by atoms with Crippen LogP contribution in [0, 0.1) is 12.8 Å². The summed E-state index contributed by atoms with van der Waals surface area (Å²) >= 11 is 0. The van der Waals surface area contributed by atoms with Crippen LogP contribution >= 0.6 is 0 Å². The van der Waals surface area contributed by atoms with Crippen molar-refractivity contribution in [3.05, 3.63) is 35.4 Å². The van der Waals surface area contributed by atoms with Crippen LogP contribution in [0.15, 0.2) is 24.3 Å². The fourth-order valence-electron chi connectivity index (χ4n) is 2.54. The Morgan fingerprint density at radius 1 is 1.42 bits per heavy atom. The minimum atomic E-state index is 0.165. The van der Waals surface area contributed by atoms with Crippen molar-refractivity contribution in [1.29, 1.82) is 0 Å². The van der Waals surface area contributed by atoms with E-state index in [1.165, 1.54) is 0 Å². The van der Waals surface area contributed by atoms with Crippen molar-refractivity contribution in [2.24, 2.45) is 5.92 Å². The van der Waals surface area contributed by atoms with E-state index in [1.807, 2.05) is 36.1 Å². The average molecular weight is 260 g/mol. The van der Waals surface area contributed by atoms with Gasteiger partial charge in [-0.2, -0.15) is 0 Å². The van der Waals surface area contributed by atoms with Gasteiger partial charge in [0, 0.05) is 24.7 Å². The Morgan fingerprint density at radius 2 is 2.21 bits per heavy atom. The maximum absolute atomic E-state index is 12.6. The molecule has 1 saturated heterocycles. The number of hydrogen-bond acceptors (Lipinski definition) is 2. The predicted molar refractivity (Wildman–Crippen MR) is 78.3 cm³/mol. The molecule has 1 aromatic carbocycles. The first kappa shape index (κ1) is 14.1. The van der Waals surface area contributed by atoms with Crippen LogP contribution < -0.4 is 5.32 Å². The first-order valence-electron chi connectivity index (χ1n) is 7.17. The molecule has 1 aliphatic heterocycles.